The lowest BCUT2D eigenvalue weighted by molar-refractivity contribution is -0.133. The number of aromatic nitrogens is 1. The highest BCUT2D eigenvalue weighted by molar-refractivity contribution is 6.05. The van der Waals surface area contributed by atoms with Gasteiger partial charge in [0.2, 0.25) is 6.10 Å². The third-order valence-electron chi connectivity index (χ3n) is 4.99. The Morgan fingerprint density at radius 1 is 1.03 bits per heavy atom. The van der Waals surface area contributed by atoms with Crippen LogP contribution in [0.4, 0.5) is 4.39 Å². The van der Waals surface area contributed by atoms with Crippen LogP contribution in [0.3, 0.4) is 0 Å². The van der Waals surface area contributed by atoms with E-state index in [0.717, 1.165) is 16.7 Å². The molecule has 6 heteroatoms. The molecule has 146 valence electrons. The first-order valence-electron chi connectivity index (χ1n) is 9.38. The molecular weight excluding hydrogens is 369 g/mol. The van der Waals surface area contributed by atoms with Gasteiger partial charge in [0, 0.05) is 12.4 Å². The fourth-order valence-electron chi connectivity index (χ4n) is 3.42. The molecule has 0 aliphatic carbocycles. The van der Waals surface area contributed by atoms with Crippen molar-refractivity contribution in [1.82, 2.24) is 10.3 Å². The van der Waals surface area contributed by atoms with Gasteiger partial charge in [0.05, 0.1) is 17.7 Å². The molecule has 2 heterocycles. The van der Waals surface area contributed by atoms with Gasteiger partial charge in [0.15, 0.2) is 0 Å². The standard InChI is InChI=1S/C23H20FN3O2/c1-15-20(17-9-11-19(24)12-10-17)27-29-22(15)23(28)26-21(16-6-3-2-4-7-16)18-8-5-13-25-14-18/h2-15,21-22H,1H3,(H,26,28). The molecule has 1 amide bonds. The number of benzene rings is 2. The highest BCUT2D eigenvalue weighted by Gasteiger charge is 2.37. The molecule has 3 unspecified atom stereocenters. The summed E-state index contributed by atoms with van der Waals surface area (Å²) in [5.41, 5.74) is 3.18. The Balaban J connectivity index is 1.53. The summed E-state index contributed by atoms with van der Waals surface area (Å²) in [5.74, 6) is -0.862. The first kappa shape index (κ1) is 18.8. The fourth-order valence-corrected chi connectivity index (χ4v) is 3.42. The van der Waals surface area contributed by atoms with Crippen molar-refractivity contribution < 1.29 is 14.0 Å². The maximum atomic E-state index is 13.2. The lowest BCUT2D eigenvalue weighted by Gasteiger charge is -2.22. The molecule has 3 atom stereocenters. The average Bonchev–Trinajstić information content (AvgIpc) is 3.15. The van der Waals surface area contributed by atoms with Gasteiger partial charge in [0.1, 0.15) is 5.82 Å². The van der Waals surface area contributed by atoms with Crippen LogP contribution in [0.15, 0.2) is 84.3 Å². The van der Waals surface area contributed by atoms with Crippen molar-refractivity contribution in [3.63, 3.8) is 0 Å². The Bertz CT molecular complexity index is 968. The van der Waals surface area contributed by atoms with Crippen molar-refractivity contribution in [3.05, 3.63) is 102 Å². The van der Waals surface area contributed by atoms with E-state index in [1.807, 2.05) is 49.4 Å². The zero-order chi connectivity index (χ0) is 20.2. The Morgan fingerprint density at radius 2 is 1.76 bits per heavy atom. The lowest BCUT2D eigenvalue weighted by atomic mass is 9.93. The van der Waals surface area contributed by atoms with Crippen LogP contribution in [-0.2, 0) is 9.63 Å². The highest BCUT2D eigenvalue weighted by Crippen LogP contribution is 2.26. The third kappa shape index (κ3) is 4.01. The van der Waals surface area contributed by atoms with Crippen LogP contribution < -0.4 is 5.32 Å². The van der Waals surface area contributed by atoms with Gasteiger partial charge >= 0.3 is 0 Å². The number of carbonyl (C=O) groups excluding carboxylic acids is 1. The molecule has 0 bridgehead atoms. The van der Waals surface area contributed by atoms with Gasteiger partial charge in [0.25, 0.3) is 5.91 Å². The summed E-state index contributed by atoms with van der Waals surface area (Å²) in [6.45, 7) is 1.88. The average molecular weight is 389 g/mol. The zero-order valence-electron chi connectivity index (χ0n) is 15.8. The number of halogens is 1. The van der Waals surface area contributed by atoms with Crippen LogP contribution >= 0.6 is 0 Å². The maximum Gasteiger partial charge on any atom is 0.265 e. The third-order valence-corrected chi connectivity index (χ3v) is 4.99. The molecule has 0 fully saturated rings. The molecule has 1 aliphatic heterocycles. The molecular formula is C23H20FN3O2. The second kappa shape index (κ2) is 8.22. The molecule has 0 radical (unpaired) electrons. The van der Waals surface area contributed by atoms with Crippen molar-refractivity contribution in [1.29, 1.82) is 0 Å². The zero-order valence-corrected chi connectivity index (χ0v) is 15.8. The smallest absolute Gasteiger partial charge is 0.265 e. The minimum absolute atomic E-state index is 0.268. The molecule has 1 aromatic heterocycles. The first-order chi connectivity index (χ1) is 14.1. The van der Waals surface area contributed by atoms with Gasteiger partial charge in [-0.2, -0.15) is 0 Å². The Labute approximate surface area is 168 Å². The van der Waals surface area contributed by atoms with Gasteiger partial charge in [-0.3, -0.25) is 9.78 Å². The van der Waals surface area contributed by atoms with E-state index in [1.165, 1.54) is 12.1 Å². The van der Waals surface area contributed by atoms with Gasteiger partial charge in [-0.05, 0) is 34.9 Å². The molecule has 2 aromatic carbocycles. The van der Waals surface area contributed by atoms with Crippen molar-refractivity contribution in [2.75, 3.05) is 0 Å². The second-order valence-corrected chi connectivity index (χ2v) is 6.94. The predicted octanol–water partition coefficient (Wildman–Crippen LogP) is 3.87. The first-order valence-corrected chi connectivity index (χ1v) is 9.38. The number of rotatable bonds is 5. The molecule has 1 N–H and O–H groups in total. The normalized spacial score (nSPS) is 19.2. The molecule has 0 spiro atoms. The van der Waals surface area contributed by atoms with Crippen molar-refractivity contribution >= 4 is 11.6 Å². The van der Waals surface area contributed by atoms with Crippen molar-refractivity contribution in [3.8, 4) is 0 Å². The molecule has 4 rings (SSSR count). The SMILES string of the molecule is CC1C(c2ccc(F)cc2)=NOC1C(=O)NC(c1ccccc1)c1cccnc1. The van der Waals surface area contributed by atoms with Crippen LogP contribution in [-0.4, -0.2) is 22.7 Å². The molecule has 3 aromatic rings. The monoisotopic (exact) mass is 389 g/mol. The fraction of sp³-hybridized carbons (Fsp3) is 0.174. The van der Waals surface area contributed by atoms with E-state index in [0.29, 0.717) is 5.71 Å². The molecule has 5 nitrogen and oxygen atoms in total. The number of nitrogens with one attached hydrogen (secondary N) is 1. The van der Waals surface area contributed by atoms with Gasteiger partial charge in [-0.15, -0.1) is 0 Å². The second-order valence-electron chi connectivity index (χ2n) is 6.94. The Hall–Kier alpha value is -3.54. The largest absolute Gasteiger partial charge is 0.381 e. The lowest BCUT2D eigenvalue weighted by Crippen LogP contribution is -2.41. The summed E-state index contributed by atoms with van der Waals surface area (Å²) >= 11 is 0. The highest BCUT2D eigenvalue weighted by atomic mass is 19.1. The summed E-state index contributed by atoms with van der Waals surface area (Å²) < 4.78 is 13.2. The molecule has 29 heavy (non-hydrogen) atoms. The van der Waals surface area contributed by atoms with Gasteiger partial charge < -0.3 is 10.2 Å². The predicted molar refractivity (Wildman–Crippen MR) is 108 cm³/mol. The molecule has 1 aliphatic rings. The summed E-state index contributed by atoms with van der Waals surface area (Å²) in [6.07, 6.45) is 2.66. The minimum atomic E-state index is -0.766. The Kier molecular flexibility index (Phi) is 5.33. The summed E-state index contributed by atoms with van der Waals surface area (Å²) in [4.78, 5) is 22.7. The number of pyridine rings is 1. The Morgan fingerprint density at radius 3 is 2.45 bits per heavy atom. The van der Waals surface area contributed by atoms with Crippen LogP contribution in [0.25, 0.3) is 0 Å². The van der Waals surface area contributed by atoms with E-state index in [-0.39, 0.29) is 23.7 Å². The van der Waals surface area contributed by atoms with Crippen LogP contribution in [0.5, 0.6) is 0 Å². The van der Waals surface area contributed by atoms with Crippen LogP contribution in [0, 0.1) is 11.7 Å². The van der Waals surface area contributed by atoms with Crippen LogP contribution in [0.1, 0.15) is 29.7 Å². The topological polar surface area (TPSA) is 63.6 Å². The number of amides is 1. The van der Waals surface area contributed by atoms with Crippen molar-refractivity contribution in [2.24, 2.45) is 11.1 Å². The van der Waals surface area contributed by atoms with E-state index < -0.39 is 6.10 Å². The number of carbonyl (C=O) groups is 1. The van der Waals surface area contributed by atoms with Crippen LogP contribution in [0.2, 0.25) is 0 Å². The number of hydrogen-bond acceptors (Lipinski definition) is 4. The van der Waals surface area contributed by atoms with E-state index in [2.05, 4.69) is 15.5 Å². The number of hydrogen-bond donors (Lipinski definition) is 1. The number of oxime groups is 1. The van der Waals surface area contributed by atoms with E-state index >= 15 is 0 Å². The van der Waals surface area contributed by atoms with E-state index in [1.54, 1.807) is 24.5 Å². The van der Waals surface area contributed by atoms with Gasteiger partial charge in [-0.1, -0.05) is 60.6 Å². The molecule has 0 saturated carbocycles. The van der Waals surface area contributed by atoms with E-state index in [4.69, 9.17) is 4.84 Å². The van der Waals surface area contributed by atoms with Gasteiger partial charge in [-0.25, -0.2) is 4.39 Å². The summed E-state index contributed by atoms with van der Waals surface area (Å²) in [6, 6.07) is 19.1. The maximum absolute atomic E-state index is 13.2. The van der Waals surface area contributed by atoms with E-state index in [9.17, 15) is 9.18 Å². The number of nitrogens with zero attached hydrogens (tertiary/aromatic N) is 2. The molecule has 0 saturated heterocycles. The summed E-state index contributed by atoms with van der Waals surface area (Å²) in [7, 11) is 0. The quantitative estimate of drug-likeness (QED) is 0.721. The van der Waals surface area contributed by atoms with Crippen molar-refractivity contribution in [2.45, 2.75) is 19.1 Å². The summed E-state index contributed by atoms with van der Waals surface area (Å²) in [5, 5.41) is 7.16. The minimum Gasteiger partial charge on any atom is -0.381 e.